The second-order valence-corrected chi connectivity index (χ2v) is 4.67. The number of ether oxygens (including phenoxy) is 1. The van der Waals surface area contributed by atoms with Gasteiger partial charge in [-0.15, -0.1) is 0 Å². The molecule has 0 bridgehead atoms. The summed E-state index contributed by atoms with van der Waals surface area (Å²) in [6, 6.07) is 6.17. The zero-order chi connectivity index (χ0) is 11.6. The highest BCUT2D eigenvalue weighted by atomic mass is 16.5. The van der Waals surface area contributed by atoms with Crippen molar-refractivity contribution in [3.8, 4) is 5.75 Å². The number of nitrogens with two attached hydrogens (primary N) is 1. The Morgan fingerprint density at radius 1 is 1.50 bits per heavy atom. The first-order valence-corrected chi connectivity index (χ1v) is 5.79. The highest BCUT2D eigenvalue weighted by Gasteiger charge is 2.23. The molecule has 0 aromatic heterocycles. The number of aliphatic hydroxyl groups is 1. The van der Waals surface area contributed by atoms with Crippen LogP contribution in [0.5, 0.6) is 5.75 Å². The van der Waals surface area contributed by atoms with Gasteiger partial charge < -0.3 is 15.6 Å². The molecule has 3 nitrogen and oxygen atoms in total. The van der Waals surface area contributed by atoms with Crippen LogP contribution in [0, 0.1) is 0 Å². The number of rotatable bonds is 4. The fourth-order valence-electron chi connectivity index (χ4n) is 2.13. The number of benzene rings is 1. The van der Waals surface area contributed by atoms with Gasteiger partial charge in [0.05, 0.1) is 6.61 Å². The van der Waals surface area contributed by atoms with E-state index in [0.717, 1.165) is 37.2 Å². The van der Waals surface area contributed by atoms with E-state index in [1.807, 2.05) is 19.1 Å². The molecular weight excluding hydrogens is 202 g/mol. The molecule has 1 atom stereocenters. The van der Waals surface area contributed by atoms with E-state index in [2.05, 4.69) is 6.07 Å². The van der Waals surface area contributed by atoms with Gasteiger partial charge in [-0.3, -0.25) is 0 Å². The Morgan fingerprint density at radius 3 is 3.06 bits per heavy atom. The molecule has 1 aliphatic rings. The largest absolute Gasteiger partial charge is 0.493 e. The second-order valence-electron chi connectivity index (χ2n) is 4.67. The van der Waals surface area contributed by atoms with Crippen molar-refractivity contribution in [1.82, 2.24) is 0 Å². The van der Waals surface area contributed by atoms with E-state index >= 15 is 0 Å². The molecular formula is C13H19NO2. The second kappa shape index (κ2) is 4.44. The summed E-state index contributed by atoms with van der Waals surface area (Å²) in [6.07, 6.45) is 2.50. The van der Waals surface area contributed by atoms with Crippen molar-refractivity contribution in [1.29, 1.82) is 0 Å². The molecule has 1 aromatic carbocycles. The van der Waals surface area contributed by atoms with Crippen LogP contribution in [0.4, 0.5) is 0 Å². The molecule has 1 aliphatic heterocycles. The molecule has 0 amide bonds. The Morgan fingerprint density at radius 2 is 2.31 bits per heavy atom. The number of hydrogen-bond acceptors (Lipinski definition) is 3. The monoisotopic (exact) mass is 221 g/mol. The van der Waals surface area contributed by atoms with Crippen LogP contribution in [0.3, 0.4) is 0 Å². The van der Waals surface area contributed by atoms with Crippen molar-refractivity contribution >= 4 is 0 Å². The quantitative estimate of drug-likeness (QED) is 0.811. The summed E-state index contributed by atoms with van der Waals surface area (Å²) in [7, 11) is 0. The maximum atomic E-state index is 8.86. The SMILES string of the molecule is CC(N)(CCCO)c1ccc2c(c1)CCO2. The van der Waals surface area contributed by atoms with E-state index in [4.69, 9.17) is 15.6 Å². The van der Waals surface area contributed by atoms with Crippen molar-refractivity contribution in [2.45, 2.75) is 31.7 Å². The third-order valence-electron chi connectivity index (χ3n) is 3.20. The summed E-state index contributed by atoms with van der Waals surface area (Å²) in [5, 5.41) is 8.86. The van der Waals surface area contributed by atoms with Crippen LogP contribution in [0.25, 0.3) is 0 Å². The van der Waals surface area contributed by atoms with Gasteiger partial charge in [-0.2, -0.15) is 0 Å². The zero-order valence-electron chi connectivity index (χ0n) is 9.70. The lowest BCUT2D eigenvalue weighted by molar-refractivity contribution is 0.265. The minimum atomic E-state index is -0.361. The van der Waals surface area contributed by atoms with Gasteiger partial charge in [0.15, 0.2) is 0 Å². The first kappa shape index (κ1) is 11.4. The number of fused-ring (bicyclic) bond motifs is 1. The first-order valence-electron chi connectivity index (χ1n) is 5.79. The van der Waals surface area contributed by atoms with Gasteiger partial charge in [0, 0.05) is 18.6 Å². The van der Waals surface area contributed by atoms with Gasteiger partial charge in [0.25, 0.3) is 0 Å². The third-order valence-corrected chi connectivity index (χ3v) is 3.20. The Labute approximate surface area is 96.2 Å². The van der Waals surface area contributed by atoms with Crippen LogP contribution in [0.2, 0.25) is 0 Å². The van der Waals surface area contributed by atoms with E-state index in [0.29, 0.717) is 0 Å². The normalized spacial score (nSPS) is 17.7. The summed E-state index contributed by atoms with van der Waals surface area (Å²) in [4.78, 5) is 0. The molecule has 88 valence electrons. The molecule has 1 heterocycles. The molecule has 16 heavy (non-hydrogen) atoms. The molecule has 0 saturated heterocycles. The van der Waals surface area contributed by atoms with Crippen LogP contribution < -0.4 is 10.5 Å². The predicted molar refractivity (Wildman–Crippen MR) is 63.5 cm³/mol. The lowest BCUT2D eigenvalue weighted by Crippen LogP contribution is -2.33. The van der Waals surface area contributed by atoms with Gasteiger partial charge >= 0.3 is 0 Å². The van der Waals surface area contributed by atoms with Crippen LogP contribution in [0.1, 0.15) is 30.9 Å². The van der Waals surface area contributed by atoms with E-state index in [1.165, 1.54) is 5.56 Å². The summed E-state index contributed by atoms with van der Waals surface area (Å²) in [5.41, 5.74) is 8.28. The van der Waals surface area contributed by atoms with Gasteiger partial charge in [0.2, 0.25) is 0 Å². The van der Waals surface area contributed by atoms with E-state index in [-0.39, 0.29) is 12.1 Å². The summed E-state index contributed by atoms with van der Waals surface area (Å²) in [5.74, 6) is 0.988. The Kier molecular flexibility index (Phi) is 3.17. The highest BCUT2D eigenvalue weighted by Crippen LogP contribution is 2.31. The maximum Gasteiger partial charge on any atom is 0.122 e. The maximum absolute atomic E-state index is 8.86. The van der Waals surface area contributed by atoms with Crippen molar-refractivity contribution in [3.05, 3.63) is 29.3 Å². The minimum absolute atomic E-state index is 0.195. The molecule has 0 saturated carbocycles. The molecule has 2 rings (SSSR count). The van der Waals surface area contributed by atoms with Crippen LogP contribution >= 0.6 is 0 Å². The summed E-state index contributed by atoms with van der Waals surface area (Å²) in [6.45, 7) is 2.98. The van der Waals surface area contributed by atoms with Gasteiger partial charge in [0.1, 0.15) is 5.75 Å². The minimum Gasteiger partial charge on any atom is -0.493 e. The van der Waals surface area contributed by atoms with Crippen molar-refractivity contribution in [2.24, 2.45) is 5.73 Å². The molecule has 3 heteroatoms. The van der Waals surface area contributed by atoms with E-state index in [9.17, 15) is 0 Å². The molecule has 1 aromatic rings. The zero-order valence-corrected chi connectivity index (χ0v) is 9.70. The van der Waals surface area contributed by atoms with Crippen molar-refractivity contribution in [2.75, 3.05) is 13.2 Å². The third kappa shape index (κ3) is 2.20. The average Bonchev–Trinajstić information content (AvgIpc) is 2.73. The van der Waals surface area contributed by atoms with Crippen LogP contribution in [0.15, 0.2) is 18.2 Å². The van der Waals surface area contributed by atoms with Crippen molar-refractivity contribution < 1.29 is 9.84 Å². The fraction of sp³-hybridized carbons (Fsp3) is 0.538. The smallest absolute Gasteiger partial charge is 0.122 e. The Hall–Kier alpha value is -1.06. The highest BCUT2D eigenvalue weighted by molar-refractivity contribution is 5.41. The lowest BCUT2D eigenvalue weighted by Gasteiger charge is -2.25. The molecule has 3 N–H and O–H groups in total. The van der Waals surface area contributed by atoms with Gasteiger partial charge in [-0.25, -0.2) is 0 Å². The molecule has 1 unspecified atom stereocenters. The topological polar surface area (TPSA) is 55.5 Å². The number of hydrogen-bond donors (Lipinski definition) is 2. The summed E-state index contributed by atoms with van der Waals surface area (Å²) < 4.78 is 5.47. The van der Waals surface area contributed by atoms with Crippen molar-refractivity contribution in [3.63, 3.8) is 0 Å². The molecule has 0 radical (unpaired) electrons. The Bertz CT molecular complexity index is 374. The average molecular weight is 221 g/mol. The molecule has 0 aliphatic carbocycles. The van der Waals surface area contributed by atoms with Crippen LogP contribution in [-0.4, -0.2) is 18.3 Å². The first-order chi connectivity index (χ1) is 7.63. The molecule has 0 fully saturated rings. The summed E-state index contributed by atoms with van der Waals surface area (Å²) >= 11 is 0. The Balaban J connectivity index is 2.20. The van der Waals surface area contributed by atoms with E-state index in [1.54, 1.807) is 0 Å². The predicted octanol–water partition coefficient (Wildman–Crippen LogP) is 1.57. The van der Waals surface area contributed by atoms with Crippen LogP contribution in [-0.2, 0) is 12.0 Å². The standard InChI is InChI=1S/C13H19NO2/c1-13(14,6-2-7-15)11-3-4-12-10(9-11)5-8-16-12/h3-4,9,15H,2,5-8,14H2,1H3. The van der Waals surface area contributed by atoms with Gasteiger partial charge in [-0.05, 0) is 37.0 Å². The van der Waals surface area contributed by atoms with Gasteiger partial charge in [-0.1, -0.05) is 12.1 Å². The molecule has 0 spiro atoms. The lowest BCUT2D eigenvalue weighted by atomic mass is 9.87. The fourth-order valence-corrected chi connectivity index (χ4v) is 2.13. The number of aliphatic hydroxyl groups excluding tert-OH is 1. The van der Waals surface area contributed by atoms with E-state index < -0.39 is 0 Å².